The molecule has 1 aromatic carbocycles. The molecule has 31 heavy (non-hydrogen) atoms. The lowest BCUT2D eigenvalue weighted by Crippen LogP contribution is -2.11. The van der Waals surface area contributed by atoms with E-state index in [1.807, 2.05) is 13.8 Å². The summed E-state index contributed by atoms with van der Waals surface area (Å²) < 4.78 is 13.3. The first kappa shape index (κ1) is 19.6. The van der Waals surface area contributed by atoms with E-state index in [-0.39, 0.29) is 12.1 Å². The lowest BCUT2D eigenvalue weighted by molar-refractivity contribution is 0.0377. The normalized spacial score (nSPS) is 14.0. The number of nitrogens with zero attached hydrogens (tertiary/aromatic N) is 3. The lowest BCUT2D eigenvalue weighted by Gasteiger charge is -2.12. The number of aryl methyl sites for hydroxylation is 1. The summed E-state index contributed by atoms with van der Waals surface area (Å²) in [7, 11) is 1.62. The Morgan fingerprint density at radius 2 is 2.03 bits per heavy atom. The number of nitrogens with one attached hydrogen (secondary N) is 1. The molecule has 7 nitrogen and oxygen atoms in total. The molecule has 0 aliphatic heterocycles. The van der Waals surface area contributed by atoms with Crippen molar-refractivity contribution in [3.8, 4) is 17.3 Å². The predicted molar refractivity (Wildman–Crippen MR) is 120 cm³/mol. The van der Waals surface area contributed by atoms with Gasteiger partial charge in [-0.1, -0.05) is 6.92 Å². The molecule has 1 fully saturated rings. The number of esters is 1. The smallest absolute Gasteiger partial charge is 0.338 e. The zero-order valence-electron chi connectivity index (χ0n) is 18.2. The third-order valence-electron chi connectivity index (χ3n) is 5.60. The van der Waals surface area contributed by atoms with Crippen molar-refractivity contribution in [2.45, 2.75) is 52.2 Å². The summed E-state index contributed by atoms with van der Waals surface area (Å²) in [6.45, 7) is 5.77. The predicted octanol–water partition coefficient (Wildman–Crippen LogP) is 5.05. The Morgan fingerprint density at radius 3 is 2.71 bits per heavy atom. The topological polar surface area (TPSA) is 82.0 Å². The van der Waals surface area contributed by atoms with E-state index < -0.39 is 0 Å². The number of benzene rings is 1. The van der Waals surface area contributed by atoms with E-state index in [4.69, 9.17) is 19.4 Å². The second-order valence-electron chi connectivity index (χ2n) is 8.31. The molecule has 1 saturated carbocycles. The average Bonchev–Trinajstić information content (AvgIpc) is 3.38. The van der Waals surface area contributed by atoms with Crippen LogP contribution in [0.1, 0.15) is 55.7 Å². The third-order valence-corrected chi connectivity index (χ3v) is 5.60. The standard InChI is InChI=1S/C24H26N4O3/c1-5-16-7-6-14-10-19(26-22(14)25-16)23-27-18-11-15(24(29)31-13(2)3)12-20(30-4)21(18)28(23)17-8-9-17/h6-7,10-13,17H,5,8-9H2,1-4H3,(H,25,26). The van der Waals surface area contributed by atoms with E-state index in [0.717, 1.165) is 58.5 Å². The average molecular weight is 418 g/mol. The molecule has 3 aromatic heterocycles. The van der Waals surface area contributed by atoms with Crippen LogP contribution < -0.4 is 4.74 Å². The van der Waals surface area contributed by atoms with Crippen LogP contribution in [0.2, 0.25) is 0 Å². The molecular formula is C24H26N4O3. The molecular weight excluding hydrogens is 392 g/mol. The molecule has 0 bridgehead atoms. The Morgan fingerprint density at radius 1 is 1.23 bits per heavy atom. The Labute approximate surface area is 180 Å². The number of methoxy groups -OCH3 is 1. The number of hydrogen-bond donors (Lipinski definition) is 1. The summed E-state index contributed by atoms with van der Waals surface area (Å²) in [6, 6.07) is 10.1. The zero-order valence-corrected chi connectivity index (χ0v) is 18.2. The lowest BCUT2D eigenvalue weighted by atomic mass is 10.2. The van der Waals surface area contributed by atoms with Crippen molar-refractivity contribution in [2.24, 2.45) is 0 Å². The van der Waals surface area contributed by atoms with E-state index in [9.17, 15) is 4.79 Å². The molecule has 0 saturated heterocycles. The Hall–Kier alpha value is -3.35. The summed E-state index contributed by atoms with van der Waals surface area (Å²) in [5.74, 6) is 1.09. The second-order valence-corrected chi connectivity index (χ2v) is 8.31. The molecule has 1 aliphatic rings. The molecule has 1 aliphatic carbocycles. The van der Waals surface area contributed by atoms with Gasteiger partial charge in [-0.05, 0) is 63.4 Å². The maximum absolute atomic E-state index is 12.5. The maximum Gasteiger partial charge on any atom is 0.338 e. The number of carbonyl (C=O) groups is 1. The molecule has 1 N–H and O–H groups in total. The molecule has 3 heterocycles. The number of imidazole rings is 1. The number of hydrogen-bond acceptors (Lipinski definition) is 5. The van der Waals surface area contributed by atoms with Crippen LogP contribution in [0.4, 0.5) is 0 Å². The van der Waals surface area contributed by atoms with Gasteiger partial charge in [-0.2, -0.15) is 0 Å². The van der Waals surface area contributed by atoms with E-state index in [1.165, 1.54) is 0 Å². The van der Waals surface area contributed by atoms with Crippen LogP contribution in [0.25, 0.3) is 33.6 Å². The Balaban J connectivity index is 1.69. The number of aromatic amines is 1. The van der Waals surface area contributed by atoms with Gasteiger partial charge in [-0.15, -0.1) is 0 Å². The van der Waals surface area contributed by atoms with Crippen LogP contribution in [0.3, 0.4) is 0 Å². The Kier molecular flexibility index (Phi) is 4.68. The second kappa shape index (κ2) is 7.41. The SMILES string of the molecule is CCc1ccc2cc(-c3nc4cc(C(=O)OC(C)C)cc(OC)c4n3C3CC3)[nH]c2n1. The number of fused-ring (bicyclic) bond motifs is 2. The van der Waals surface area contributed by atoms with Gasteiger partial charge in [0.1, 0.15) is 16.9 Å². The fraction of sp³-hybridized carbons (Fsp3) is 0.375. The first-order chi connectivity index (χ1) is 15.0. The zero-order chi connectivity index (χ0) is 21.7. The minimum Gasteiger partial charge on any atom is -0.494 e. The molecule has 4 aromatic rings. The van der Waals surface area contributed by atoms with E-state index in [1.54, 1.807) is 19.2 Å². The number of aromatic nitrogens is 4. The van der Waals surface area contributed by atoms with Crippen molar-refractivity contribution < 1.29 is 14.3 Å². The van der Waals surface area contributed by atoms with E-state index >= 15 is 0 Å². The van der Waals surface area contributed by atoms with Crippen molar-refractivity contribution in [2.75, 3.05) is 7.11 Å². The summed E-state index contributed by atoms with van der Waals surface area (Å²) in [4.78, 5) is 25.6. The van der Waals surface area contributed by atoms with Gasteiger partial charge < -0.3 is 19.0 Å². The molecule has 0 spiro atoms. The number of carbonyl (C=O) groups excluding carboxylic acids is 1. The first-order valence-electron chi connectivity index (χ1n) is 10.8. The maximum atomic E-state index is 12.5. The number of H-pyrrole nitrogens is 1. The monoisotopic (exact) mass is 418 g/mol. The first-order valence-corrected chi connectivity index (χ1v) is 10.8. The highest BCUT2D eigenvalue weighted by molar-refractivity contribution is 5.97. The third kappa shape index (κ3) is 3.44. The highest BCUT2D eigenvalue weighted by Crippen LogP contribution is 2.44. The molecule has 0 radical (unpaired) electrons. The highest BCUT2D eigenvalue weighted by atomic mass is 16.5. The van der Waals surface area contributed by atoms with Crippen molar-refractivity contribution in [3.63, 3.8) is 0 Å². The fourth-order valence-electron chi connectivity index (χ4n) is 3.99. The van der Waals surface area contributed by atoms with Crippen LogP contribution in [-0.2, 0) is 11.2 Å². The summed E-state index contributed by atoms with van der Waals surface area (Å²) in [5, 5.41) is 1.05. The van der Waals surface area contributed by atoms with Crippen molar-refractivity contribution in [1.82, 2.24) is 19.5 Å². The van der Waals surface area contributed by atoms with Gasteiger partial charge in [0, 0.05) is 17.1 Å². The number of pyridine rings is 1. The van der Waals surface area contributed by atoms with Gasteiger partial charge in [0.2, 0.25) is 0 Å². The van der Waals surface area contributed by atoms with Crippen LogP contribution >= 0.6 is 0 Å². The molecule has 7 heteroatoms. The minimum atomic E-state index is -0.375. The van der Waals surface area contributed by atoms with Crippen LogP contribution in [-0.4, -0.2) is 38.7 Å². The van der Waals surface area contributed by atoms with Gasteiger partial charge >= 0.3 is 5.97 Å². The van der Waals surface area contributed by atoms with Gasteiger partial charge in [-0.3, -0.25) is 0 Å². The summed E-state index contributed by atoms with van der Waals surface area (Å²) >= 11 is 0. The summed E-state index contributed by atoms with van der Waals surface area (Å²) in [6.07, 6.45) is 2.88. The van der Waals surface area contributed by atoms with Crippen LogP contribution in [0.15, 0.2) is 30.3 Å². The van der Waals surface area contributed by atoms with Crippen molar-refractivity contribution in [3.05, 3.63) is 41.6 Å². The molecule has 5 rings (SSSR count). The number of rotatable bonds is 6. The van der Waals surface area contributed by atoms with Crippen LogP contribution in [0.5, 0.6) is 5.75 Å². The van der Waals surface area contributed by atoms with Crippen molar-refractivity contribution >= 4 is 28.0 Å². The largest absolute Gasteiger partial charge is 0.494 e. The van der Waals surface area contributed by atoms with Gasteiger partial charge in [0.15, 0.2) is 5.82 Å². The molecule has 0 unspecified atom stereocenters. The van der Waals surface area contributed by atoms with Gasteiger partial charge in [0.05, 0.1) is 30.0 Å². The molecule has 0 atom stereocenters. The minimum absolute atomic E-state index is 0.194. The van der Waals surface area contributed by atoms with Gasteiger partial charge in [0.25, 0.3) is 0 Å². The van der Waals surface area contributed by atoms with Crippen LogP contribution in [0, 0.1) is 0 Å². The molecule has 160 valence electrons. The fourth-order valence-corrected chi connectivity index (χ4v) is 3.99. The Bertz CT molecular complexity index is 1300. The van der Waals surface area contributed by atoms with Crippen molar-refractivity contribution in [1.29, 1.82) is 0 Å². The van der Waals surface area contributed by atoms with Gasteiger partial charge in [-0.25, -0.2) is 14.8 Å². The highest BCUT2D eigenvalue weighted by Gasteiger charge is 2.31. The quantitative estimate of drug-likeness (QED) is 0.443. The van der Waals surface area contributed by atoms with E-state index in [2.05, 4.69) is 34.7 Å². The van der Waals surface area contributed by atoms with E-state index in [0.29, 0.717) is 17.4 Å². The summed E-state index contributed by atoms with van der Waals surface area (Å²) in [5.41, 5.74) is 4.88. The molecule has 0 amide bonds. The number of ether oxygens (including phenoxy) is 2.